The Bertz CT molecular complexity index is 396. The Kier molecular flexibility index (Phi) is 3.82. The number of hydrogen-bond acceptors (Lipinski definition) is 3. The fraction of sp³-hybridized carbons (Fsp3) is 0.545. The summed E-state index contributed by atoms with van der Waals surface area (Å²) in [4.78, 5) is 26.4. The summed E-state index contributed by atoms with van der Waals surface area (Å²) in [5.74, 6) is -1.80. The molecule has 0 radical (unpaired) electrons. The maximum atomic E-state index is 11.8. The molecule has 0 aliphatic heterocycles. The highest BCUT2D eigenvalue weighted by molar-refractivity contribution is 5.96. The molecule has 1 heterocycles. The lowest BCUT2D eigenvalue weighted by atomic mass is 10.0. The number of carbonyl (C=O) groups is 2. The molecule has 0 aliphatic rings. The van der Waals surface area contributed by atoms with Crippen LogP contribution in [0.1, 0.15) is 43.7 Å². The maximum absolute atomic E-state index is 11.8. The van der Waals surface area contributed by atoms with Crippen molar-refractivity contribution < 1.29 is 14.7 Å². The van der Waals surface area contributed by atoms with E-state index in [2.05, 4.69) is 4.98 Å². The van der Waals surface area contributed by atoms with Crippen molar-refractivity contribution in [3.05, 3.63) is 18.2 Å². The second-order valence-corrected chi connectivity index (χ2v) is 4.15. The summed E-state index contributed by atoms with van der Waals surface area (Å²) in [5.41, 5.74) is 0.475. The Morgan fingerprint density at radius 2 is 2.06 bits per heavy atom. The van der Waals surface area contributed by atoms with Crippen LogP contribution < -0.4 is 0 Å². The van der Waals surface area contributed by atoms with E-state index in [-0.39, 0.29) is 18.2 Å². The second-order valence-electron chi connectivity index (χ2n) is 4.15. The highest BCUT2D eigenvalue weighted by Crippen LogP contribution is 2.14. The number of carbonyl (C=O) groups excluding carboxylic acids is 1. The molecule has 88 valence electrons. The summed E-state index contributed by atoms with van der Waals surface area (Å²) in [7, 11) is 0. The lowest BCUT2D eigenvalue weighted by molar-refractivity contribution is -0.141. The Morgan fingerprint density at radius 3 is 2.56 bits per heavy atom. The Morgan fingerprint density at radius 1 is 1.44 bits per heavy atom. The number of aliphatic carboxylic acids is 1. The predicted octanol–water partition coefficient (Wildman–Crippen LogP) is 1.76. The molecule has 0 fully saturated rings. The number of imidazole rings is 1. The van der Waals surface area contributed by atoms with E-state index in [1.165, 1.54) is 13.1 Å². The summed E-state index contributed by atoms with van der Waals surface area (Å²) in [6.07, 6.45) is 3.08. The number of carboxylic acids is 1. The standard InChI is InChI=1S/C11H16N2O3/c1-7(2)13-6-12-5-9(13)10(14)4-8(3)11(15)16/h5-8H,4H2,1-3H3,(H,15,16). The minimum absolute atomic E-state index is 0.00769. The van der Waals surface area contributed by atoms with Crippen molar-refractivity contribution in [2.45, 2.75) is 33.2 Å². The van der Waals surface area contributed by atoms with Crippen LogP contribution in [-0.2, 0) is 4.79 Å². The summed E-state index contributed by atoms with van der Waals surface area (Å²) in [5, 5.41) is 8.73. The first-order chi connectivity index (χ1) is 7.43. The molecule has 0 aromatic carbocycles. The van der Waals surface area contributed by atoms with Crippen LogP contribution >= 0.6 is 0 Å². The zero-order valence-electron chi connectivity index (χ0n) is 9.67. The zero-order chi connectivity index (χ0) is 12.3. The van der Waals surface area contributed by atoms with Gasteiger partial charge in [0.1, 0.15) is 5.69 Å². The van der Waals surface area contributed by atoms with Gasteiger partial charge in [-0.05, 0) is 13.8 Å². The zero-order valence-corrected chi connectivity index (χ0v) is 9.67. The number of ketones is 1. The van der Waals surface area contributed by atoms with Crippen LogP contribution in [0.15, 0.2) is 12.5 Å². The van der Waals surface area contributed by atoms with Gasteiger partial charge in [-0.25, -0.2) is 4.98 Å². The van der Waals surface area contributed by atoms with E-state index in [9.17, 15) is 9.59 Å². The van der Waals surface area contributed by atoms with E-state index in [1.54, 1.807) is 10.9 Å². The van der Waals surface area contributed by atoms with Crippen LogP contribution in [0.4, 0.5) is 0 Å². The van der Waals surface area contributed by atoms with Gasteiger partial charge in [0, 0.05) is 12.5 Å². The molecule has 1 aromatic heterocycles. The van der Waals surface area contributed by atoms with E-state index in [0.29, 0.717) is 5.69 Å². The van der Waals surface area contributed by atoms with Crippen LogP contribution in [0.25, 0.3) is 0 Å². The summed E-state index contributed by atoms with van der Waals surface area (Å²) < 4.78 is 1.75. The molecule has 1 unspecified atom stereocenters. The van der Waals surface area contributed by atoms with Gasteiger partial charge in [0.05, 0.1) is 18.4 Å². The highest BCUT2D eigenvalue weighted by Gasteiger charge is 2.20. The number of carboxylic acid groups (broad SMARTS) is 1. The van der Waals surface area contributed by atoms with Crippen LogP contribution in [0.2, 0.25) is 0 Å². The van der Waals surface area contributed by atoms with Gasteiger partial charge >= 0.3 is 5.97 Å². The van der Waals surface area contributed by atoms with Crippen molar-refractivity contribution in [1.29, 1.82) is 0 Å². The van der Waals surface area contributed by atoms with Gasteiger partial charge in [0.25, 0.3) is 0 Å². The maximum Gasteiger partial charge on any atom is 0.306 e. The smallest absolute Gasteiger partial charge is 0.306 e. The monoisotopic (exact) mass is 224 g/mol. The first-order valence-electron chi connectivity index (χ1n) is 5.21. The lowest BCUT2D eigenvalue weighted by Gasteiger charge is -2.11. The fourth-order valence-electron chi connectivity index (χ4n) is 1.40. The minimum atomic E-state index is -0.955. The minimum Gasteiger partial charge on any atom is -0.481 e. The van der Waals surface area contributed by atoms with Gasteiger partial charge in [-0.15, -0.1) is 0 Å². The molecular weight excluding hydrogens is 208 g/mol. The third-order valence-corrected chi connectivity index (χ3v) is 2.42. The third-order valence-electron chi connectivity index (χ3n) is 2.42. The third kappa shape index (κ3) is 2.68. The molecule has 0 amide bonds. The van der Waals surface area contributed by atoms with E-state index in [1.807, 2.05) is 13.8 Å². The first kappa shape index (κ1) is 12.4. The highest BCUT2D eigenvalue weighted by atomic mass is 16.4. The van der Waals surface area contributed by atoms with Gasteiger partial charge < -0.3 is 9.67 Å². The molecular formula is C11H16N2O3. The van der Waals surface area contributed by atoms with Crippen molar-refractivity contribution in [3.63, 3.8) is 0 Å². The van der Waals surface area contributed by atoms with Gasteiger partial charge in [-0.2, -0.15) is 0 Å². The number of rotatable bonds is 5. The molecule has 1 rings (SSSR count). The number of nitrogens with zero attached hydrogens (tertiary/aromatic N) is 2. The van der Waals surface area contributed by atoms with Crippen LogP contribution in [0, 0.1) is 5.92 Å². The molecule has 16 heavy (non-hydrogen) atoms. The Balaban J connectivity index is 2.81. The van der Waals surface area contributed by atoms with Crippen molar-refractivity contribution in [2.24, 2.45) is 5.92 Å². The molecule has 0 spiro atoms. The van der Waals surface area contributed by atoms with Gasteiger partial charge in [-0.3, -0.25) is 9.59 Å². The van der Waals surface area contributed by atoms with Gasteiger partial charge in [0.15, 0.2) is 5.78 Å². The van der Waals surface area contributed by atoms with Gasteiger partial charge in [-0.1, -0.05) is 6.92 Å². The number of Topliss-reactive ketones (excluding diaryl/α,β-unsaturated/α-hetero) is 1. The van der Waals surface area contributed by atoms with E-state index < -0.39 is 11.9 Å². The second kappa shape index (κ2) is 4.92. The van der Waals surface area contributed by atoms with Crippen LogP contribution in [0.5, 0.6) is 0 Å². The molecule has 1 N–H and O–H groups in total. The molecule has 1 atom stereocenters. The quantitative estimate of drug-likeness (QED) is 0.773. The van der Waals surface area contributed by atoms with Crippen molar-refractivity contribution in [3.8, 4) is 0 Å². The molecule has 1 aromatic rings. The molecule has 0 saturated heterocycles. The average molecular weight is 224 g/mol. The topological polar surface area (TPSA) is 72.2 Å². The Hall–Kier alpha value is -1.65. The SMILES string of the molecule is CC(CC(=O)c1cncn1C(C)C)C(=O)O. The van der Waals surface area contributed by atoms with Crippen LogP contribution in [-0.4, -0.2) is 26.4 Å². The molecule has 0 saturated carbocycles. The van der Waals surface area contributed by atoms with Crippen molar-refractivity contribution >= 4 is 11.8 Å². The molecule has 0 bridgehead atoms. The number of hydrogen-bond donors (Lipinski definition) is 1. The summed E-state index contributed by atoms with van der Waals surface area (Å²) in [6, 6.07) is 0.140. The fourth-order valence-corrected chi connectivity index (χ4v) is 1.40. The Labute approximate surface area is 94.1 Å². The van der Waals surface area contributed by atoms with E-state index >= 15 is 0 Å². The van der Waals surface area contributed by atoms with E-state index in [0.717, 1.165) is 0 Å². The summed E-state index contributed by atoms with van der Waals surface area (Å²) >= 11 is 0. The molecule has 0 aliphatic carbocycles. The summed E-state index contributed by atoms with van der Waals surface area (Å²) in [6.45, 7) is 5.41. The normalized spacial score (nSPS) is 12.8. The van der Waals surface area contributed by atoms with Crippen molar-refractivity contribution in [1.82, 2.24) is 9.55 Å². The molecule has 5 heteroatoms. The largest absolute Gasteiger partial charge is 0.481 e. The molecule has 5 nitrogen and oxygen atoms in total. The first-order valence-corrected chi connectivity index (χ1v) is 5.21. The van der Waals surface area contributed by atoms with Crippen molar-refractivity contribution in [2.75, 3.05) is 0 Å². The van der Waals surface area contributed by atoms with E-state index in [4.69, 9.17) is 5.11 Å². The lowest BCUT2D eigenvalue weighted by Crippen LogP contribution is -2.17. The van der Waals surface area contributed by atoms with Crippen LogP contribution in [0.3, 0.4) is 0 Å². The average Bonchev–Trinajstić information content (AvgIpc) is 2.65. The predicted molar refractivity (Wildman–Crippen MR) is 58.4 cm³/mol. The number of aromatic nitrogens is 2. The van der Waals surface area contributed by atoms with Gasteiger partial charge in [0.2, 0.25) is 0 Å².